The molecule has 1 aliphatic carbocycles. The maximum absolute atomic E-state index is 12.6. The van der Waals surface area contributed by atoms with Gasteiger partial charge in [-0.1, -0.05) is 6.07 Å². The molecule has 3 rings (SSSR count). The zero-order valence-corrected chi connectivity index (χ0v) is 14.2. The van der Waals surface area contributed by atoms with E-state index < -0.39 is 0 Å². The van der Waals surface area contributed by atoms with Gasteiger partial charge in [-0.25, -0.2) is 4.98 Å². The lowest BCUT2D eigenvalue weighted by molar-refractivity contribution is -0.125. The van der Waals surface area contributed by atoms with Gasteiger partial charge in [-0.2, -0.15) is 0 Å². The highest BCUT2D eigenvalue weighted by atomic mass is 16.1. The van der Waals surface area contributed by atoms with Gasteiger partial charge in [-0.05, 0) is 57.8 Å². The van der Waals surface area contributed by atoms with E-state index in [2.05, 4.69) is 34.2 Å². The van der Waals surface area contributed by atoms with E-state index in [1.807, 2.05) is 24.4 Å². The number of amides is 1. The van der Waals surface area contributed by atoms with E-state index in [9.17, 15) is 4.79 Å². The van der Waals surface area contributed by atoms with Crippen LogP contribution in [0.2, 0.25) is 0 Å². The molecule has 2 atom stereocenters. The summed E-state index contributed by atoms with van der Waals surface area (Å²) in [6, 6.07) is 6.44. The average Bonchev–Trinajstić information content (AvgIpc) is 3.40. The first-order valence-electron chi connectivity index (χ1n) is 8.75. The third-order valence-electron chi connectivity index (χ3n) is 5.08. The molecule has 5 nitrogen and oxygen atoms in total. The van der Waals surface area contributed by atoms with Crippen molar-refractivity contribution in [1.82, 2.24) is 15.2 Å². The van der Waals surface area contributed by atoms with E-state index >= 15 is 0 Å². The van der Waals surface area contributed by atoms with Crippen molar-refractivity contribution in [2.45, 2.75) is 31.7 Å². The fourth-order valence-electron chi connectivity index (χ4n) is 3.54. The van der Waals surface area contributed by atoms with Gasteiger partial charge in [0.15, 0.2) is 0 Å². The van der Waals surface area contributed by atoms with E-state index in [0.29, 0.717) is 6.04 Å². The van der Waals surface area contributed by atoms with Crippen molar-refractivity contribution in [3.8, 4) is 0 Å². The molecular weight excluding hydrogens is 288 g/mol. The molecule has 1 aliphatic heterocycles. The number of anilines is 1. The van der Waals surface area contributed by atoms with Crippen LogP contribution in [0.15, 0.2) is 24.4 Å². The third-order valence-corrected chi connectivity index (χ3v) is 5.08. The summed E-state index contributed by atoms with van der Waals surface area (Å²) >= 11 is 0. The number of aromatic nitrogens is 1. The Balaban J connectivity index is 1.52. The van der Waals surface area contributed by atoms with Crippen molar-refractivity contribution in [2.24, 2.45) is 11.8 Å². The van der Waals surface area contributed by atoms with Gasteiger partial charge in [0.05, 0.1) is 5.92 Å². The number of hydrogen-bond donors (Lipinski definition) is 1. The summed E-state index contributed by atoms with van der Waals surface area (Å²) in [4.78, 5) is 21.5. The average molecular weight is 316 g/mol. The highest BCUT2D eigenvalue weighted by Gasteiger charge is 2.33. The molecule has 1 saturated heterocycles. The molecule has 0 unspecified atom stereocenters. The highest BCUT2D eigenvalue weighted by Crippen LogP contribution is 2.34. The zero-order chi connectivity index (χ0) is 16.2. The predicted molar refractivity (Wildman–Crippen MR) is 92.4 cm³/mol. The number of carbonyl (C=O) groups excluding carboxylic acids is 1. The van der Waals surface area contributed by atoms with E-state index in [0.717, 1.165) is 44.2 Å². The van der Waals surface area contributed by atoms with Gasteiger partial charge >= 0.3 is 0 Å². The SMILES string of the molecule is CN(C)[C@H](CNC(=O)[C@H]1CCCN(c2ccccn2)C1)C1CC1. The molecule has 5 heteroatoms. The number of piperidine rings is 1. The van der Waals surface area contributed by atoms with Gasteiger partial charge in [0.2, 0.25) is 5.91 Å². The molecule has 1 N–H and O–H groups in total. The molecule has 1 amide bonds. The first-order chi connectivity index (χ1) is 11.1. The Labute approximate surface area is 139 Å². The first kappa shape index (κ1) is 16.2. The van der Waals surface area contributed by atoms with Gasteiger partial charge in [0.25, 0.3) is 0 Å². The lowest BCUT2D eigenvalue weighted by Gasteiger charge is -2.33. The van der Waals surface area contributed by atoms with E-state index in [-0.39, 0.29) is 11.8 Å². The van der Waals surface area contributed by atoms with Crippen LogP contribution in [-0.2, 0) is 4.79 Å². The summed E-state index contributed by atoms with van der Waals surface area (Å²) in [5, 5.41) is 3.20. The summed E-state index contributed by atoms with van der Waals surface area (Å²) in [5.41, 5.74) is 0. The molecule has 1 saturated carbocycles. The van der Waals surface area contributed by atoms with Crippen LogP contribution in [0.5, 0.6) is 0 Å². The second-order valence-electron chi connectivity index (χ2n) is 7.09. The van der Waals surface area contributed by atoms with E-state index in [1.54, 1.807) is 0 Å². The number of pyridine rings is 1. The second kappa shape index (κ2) is 7.30. The van der Waals surface area contributed by atoms with Crippen molar-refractivity contribution < 1.29 is 4.79 Å². The lowest BCUT2D eigenvalue weighted by Crippen LogP contribution is -2.47. The number of carbonyl (C=O) groups is 1. The molecule has 2 heterocycles. The van der Waals surface area contributed by atoms with Crippen LogP contribution in [0.4, 0.5) is 5.82 Å². The molecule has 1 aromatic rings. The topological polar surface area (TPSA) is 48.5 Å². The molecule has 23 heavy (non-hydrogen) atoms. The lowest BCUT2D eigenvalue weighted by atomic mass is 9.97. The number of hydrogen-bond acceptors (Lipinski definition) is 4. The van der Waals surface area contributed by atoms with Crippen LogP contribution in [0.3, 0.4) is 0 Å². The predicted octanol–water partition coefficient (Wildman–Crippen LogP) is 1.75. The van der Waals surface area contributed by atoms with Gasteiger partial charge in [0, 0.05) is 31.9 Å². The Morgan fingerprint density at radius 2 is 2.22 bits per heavy atom. The van der Waals surface area contributed by atoms with Gasteiger partial charge in [-0.15, -0.1) is 0 Å². The summed E-state index contributed by atoms with van der Waals surface area (Å²) in [6.45, 7) is 2.54. The van der Waals surface area contributed by atoms with Crippen LogP contribution in [0, 0.1) is 11.8 Å². The zero-order valence-electron chi connectivity index (χ0n) is 14.2. The smallest absolute Gasteiger partial charge is 0.224 e. The van der Waals surface area contributed by atoms with Crippen LogP contribution in [-0.4, -0.2) is 55.6 Å². The molecule has 126 valence electrons. The van der Waals surface area contributed by atoms with Crippen molar-refractivity contribution in [2.75, 3.05) is 38.6 Å². The highest BCUT2D eigenvalue weighted by molar-refractivity contribution is 5.79. The summed E-state index contributed by atoms with van der Waals surface area (Å²) in [6.07, 6.45) is 6.45. The summed E-state index contributed by atoms with van der Waals surface area (Å²) < 4.78 is 0. The van der Waals surface area contributed by atoms with Gasteiger partial charge in [-0.3, -0.25) is 4.79 Å². The molecule has 2 fully saturated rings. The van der Waals surface area contributed by atoms with E-state index in [4.69, 9.17) is 0 Å². The monoisotopic (exact) mass is 316 g/mol. The van der Waals surface area contributed by atoms with Gasteiger partial charge < -0.3 is 15.1 Å². The van der Waals surface area contributed by atoms with Crippen molar-refractivity contribution in [3.05, 3.63) is 24.4 Å². The van der Waals surface area contributed by atoms with Crippen molar-refractivity contribution in [3.63, 3.8) is 0 Å². The van der Waals surface area contributed by atoms with Crippen LogP contribution < -0.4 is 10.2 Å². The third kappa shape index (κ3) is 4.22. The minimum absolute atomic E-state index is 0.0766. The van der Waals surface area contributed by atoms with Crippen LogP contribution in [0.1, 0.15) is 25.7 Å². The van der Waals surface area contributed by atoms with E-state index in [1.165, 1.54) is 12.8 Å². The van der Waals surface area contributed by atoms with Crippen LogP contribution >= 0.6 is 0 Å². The fourth-order valence-corrected chi connectivity index (χ4v) is 3.54. The molecule has 0 aromatic carbocycles. The van der Waals surface area contributed by atoms with Gasteiger partial charge in [0.1, 0.15) is 5.82 Å². The number of rotatable bonds is 6. The van der Waals surface area contributed by atoms with Crippen molar-refractivity contribution in [1.29, 1.82) is 0 Å². The van der Waals surface area contributed by atoms with Crippen LogP contribution in [0.25, 0.3) is 0 Å². The molecular formula is C18H28N4O. The summed E-state index contributed by atoms with van der Waals surface area (Å²) in [5.74, 6) is 2.03. The molecule has 2 aliphatic rings. The normalized spacial score (nSPS) is 22.9. The molecule has 0 radical (unpaired) electrons. The number of nitrogens with zero attached hydrogens (tertiary/aromatic N) is 3. The molecule has 0 bridgehead atoms. The minimum Gasteiger partial charge on any atom is -0.356 e. The first-order valence-corrected chi connectivity index (χ1v) is 8.75. The molecule has 0 spiro atoms. The van der Waals surface area contributed by atoms with Crippen molar-refractivity contribution >= 4 is 11.7 Å². The maximum Gasteiger partial charge on any atom is 0.224 e. The number of nitrogens with one attached hydrogen (secondary N) is 1. The maximum atomic E-state index is 12.6. The Hall–Kier alpha value is -1.62. The largest absolute Gasteiger partial charge is 0.356 e. The summed E-state index contributed by atoms with van der Waals surface area (Å²) in [7, 11) is 4.22. The fraction of sp³-hybridized carbons (Fsp3) is 0.667. The Morgan fingerprint density at radius 3 is 2.87 bits per heavy atom. The number of likely N-dealkylation sites (N-methyl/N-ethyl adjacent to an activating group) is 1. The standard InChI is InChI=1S/C18H28N4O/c1-21(2)16(14-8-9-14)12-20-18(23)15-6-5-11-22(13-15)17-7-3-4-10-19-17/h3-4,7,10,14-16H,5-6,8-9,11-13H2,1-2H3,(H,20,23)/t15-,16+/m0/s1. The minimum atomic E-state index is 0.0766. The molecule has 1 aromatic heterocycles. The quantitative estimate of drug-likeness (QED) is 0.869. The Morgan fingerprint density at radius 1 is 1.39 bits per heavy atom. The second-order valence-corrected chi connectivity index (χ2v) is 7.09. The Bertz CT molecular complexity index is 513. The Kier molecular flexibility index (Phi) is 5.16.